The number of nitrogen functional groups attached to an aromatic ring is 1. The Labute approximate surface area is 106 Å². The summed E-state index contributed by atoms with van der Waals surface area (Å²) in [5.41, 5.74) is 7.44. The summed E-state index contributed by atoms with van der Waals surface area (Å²) in [6.45, 7) is 5.00. The topological polar surface area (TPSA) is 110 Å². The van der Waals surface area contributed by atoms with Gasteiger partial charge < -0.3 is 16.1 Å². The summed E-state index contributed by atoms with van der Waals surface area (Å²) in [4.78, 5) is 21.9. The molecule has 0 bridgehead atoms. The van der Waals surface area contributed by atoms with E-state index >= 15 is 0 Å². The zero-order valence-corrected chi connectivity index (χ0v) is 10.6. The van der Waals surface area contributed by atoms with Gasteiger partial charge in [0.1, 0.15) is 17.5 Å². The lowest BCUT2D eigenvalue weighted by Gasteiger charge is -2.22. The van der Waals surface area contributed by atoms with E-state index in [2.05, 4.69) is 15.4 Å². The third kappa shape index (κ3) is 2.21. The van der Waals surface area contributed by atoms with E-state index in [1.54, 1.807) is 13.0 Å². The maximum atomic E-state index is 11.4. The zero-order chi connectivity index (χ0) is 13.3. The molecule has 1 unspecified atom stereocenters. The number of nitrogens with two attached hydrogens (primary N) is 2. The van der Waals surface area contributed by atoms with Gasteiger partial charge in [-0.05, 0) is 20.3 Å². The van der Waals surface area contributed by atoms with Crippen LogP contribution in [0.4, 0.5) is 11.6 Å². The van der Waals surface area contributed by atoms with Crippen LogP contribution in [-0.2, 0) is 4.79 Å². The summed E-state index contributed by atoms with van der Waals surface area (Å²) in [5, 5.41) is 0. The van der Waals surface area contributed by atoms with E-state index in [-0.39, 0.29) is 5.91 Å². The first kappa shape index (κ1) is 12.6. The largest absolute Gasteiger partial charge is 0.369 e. The van der Waals surface area contributed by atoms with Crippen molar-refractivity contribution >= 4 is 17.5 Å². The smallest absolute Gasteiger partial charge is 0.225 e. The average Bonchev–Trinajstić information content (AvgIpc) is 2.72. The van der Waals surface area contributed by atoms with Crippen LogP contribution in [-0.4, -0.2) is 29.0 Å². The van der Waals surface area contributed by atoms with Crippen molar-refractivity contribution in [2.45, 2.75) is 20.3 Å². The van der Waals surface area contributed by atoms with Crippen molar-refractivity contribution in [3.63, 3.8) is 0 Å². The first-order valence-electron chi connectivity index (χ1n) is 5.82. The molecular formula is C11H18N6O. The van der Waals surface area contributed by atoms with Crippen LogP contribution in [0.3, 0.4) is 0 Å². The molecule has 0 saturated carbocycles. The van der Waals surface area contributed by atoms with Gasteiger partial charge in [0.15, 0.2) is 0 Å². The van der Waals surface area contributed by atoms with Crippen LogP contribution in [0.2, 0.25) is 0 Å². The fourth-order valence-corrected chi connectivity index (χ4v) is 2.15. The highest BCUT2D eigenvalue weighted by Crippen LogP contribution is 2.32. The normalized spacial score (nSPS) is 23.2. The molecule has 7 nitrogen and oxygen atoms in total. The molecule has 18 heavy (non-hydrogen) atoms. The number of nitrogens with one attached hydrogen (secondary N) is 1. The van der Waals surface area contributed by atoms with Crippen LogP contribution in [0.15, 0.2) is 6.07 Å². The number of anilines is 2. The van der Waals surface area contributed by atoms with Gasteiger partial charge in [0.25, 0.3) is 0 Å². The molecule has 1 aromatic heterocycles. The molecule has 1 aliphatic heterocycles. The van der Waals surface area contributed by atoms with Gasteiger partial charge >= 0.3 is 0 Å². The van der Waals surface area contributed by atoms with E-state index in [1.165, 1.54) is 0 Å². The number of rotatable bonds is 3. The Kier molecular flexibility index (Phi) is 3.08. The van der Waals surface area contributed by atoms with Crippen molar-refractivity contribution in [2.75, 3.05) is 23.4 Å². The van der Waals surface area contributed by atoms with Crippen LogP contribution in [0, 0.1) is 12.3 Å². The number of carbonyl (C=O) groups excluding carboxylic acids is 1. The number of hydrogen-bond donors (Lipinski definition) is 3. The Morgan fingerprint density at radius 1 is 1.56 bits per heavy atom. The number of nitrogens with zero attached hydrogens (tertiary/aromatic N) is 3. The van der Waals surface area contributed by atoms with E-state index in [4.69, 9.17) is 11.6 Å². The van der Waals surface area contributed by atoms with Gasteiger partial charge in [-0.2, -0.15) is 0 Å². The second kappa shape index (κ2) is 4.41. The fraction of sp³-hybridized carbons (Fsp3) is 0.545. The third-order valence-electron chi connectivity index (χ3n) is 3.36. The van der Waals surface area contributed by atoms with E-state index in [1.807, 2.05) is 11.8 Å². The number of hydrazine groups is 1. The molecule has 0 radical (unpaired) electrons. The van der Waals surface area contributed by atoms with Crippen molar-refractivity contribution < 1.29 is 4.79 Å². The molecule has 0 spiro atoms. The molecule has 1 atom stereocenters. The summed E-state index contributed by atoms with van der Waals surface area (Å²) in [6.07, 6.45) is 0.733. The summed E-state index contributed by atoms with van der Waals surface area (Å²) < 4.78 is 0. The lowest BCUT2D eigenvalue weighted by molar-refractivity contribution is -0.125. The van der Waals surface area contributed by atoms with Crippen molar-refractivity contribution in [3.05, 3.63) is 11.9 Å². The first-order chi connectivity index (χ1) is 8.44. The number of aryl methyl sites for hydroxylation is 1. The Balaban J connectivity index is 2.24. The standard InChI is InChI=1S/C11H18N6O/c1-7-14-8(16-13)5-9(15-7)17-4-3-11(2,6-17)10(12)18/h5H,3-4,6,13H2,1-2H3,(H2,12,18)(H,14,15,16). The zero-order valence-electron chi connectivity index (χ0n) is 10.6. The molecule has 1 aromatic rings. The molecule has 1 amide bonds. The van der Waals surface area contributed by atoms with Crippen LogP contribution in [0.25, 0.3) is 0 Å². The van der Waals surface area contributed by atoms with Crippen LogP contribution < -0.4 is 21.9 Å². The van der Waals surface area contributed by atoms with E-state index in [0.717, 1.165) is 18.8 Å². The number of primary amides is 1. The number of carbonyl (C=O) groups is 1. The maximum absolute atomic E-state index is 11.4. The number of aromatic nitrogens is 2. The monoisotopic (exact) mass is 250 g/mol. The molecule has 1 saturated heterocycles. The van der Waals surface area contributed by atoms with Gasteiger partial charge in [-0.3, -0.25) is 4.79 Å². The minimum atomic E-state index is -0.491. The Hall–Kier alpha value is -1.89. The fourth-order valence-electron chi connectivity index (χ4n) is 2.15. The van der Waals surface area contributed by atoms with E-state index in [9.17, 15) is 4.79 Å². The molecule has 1 fully saturated rings. The predicted molar refractivity (Wildman–Crippen MR) is 68.7 cm³/mol. The quantitative estimate of drug-likeness (QED) is 0.505. The highest BCUT2D eigenvalue weighted by Gasteiger charge is 2.39. The first-order valence-corrected chi connectivity index (χ1v) is 5.82. The Bertz CT molecular complexity index is 477. The second-order valence-electron chi connectivity index (χ2n) is 4.90. The Morgan fingerprint density at radius 3 is 2.83 bits per heavy atom. The molecule has 5 N–H and O–H groups in total. The Morgan fingerprint density at radius 2 is 2.28 bits per heavy atom. The van der Waals surface area contributed by atoms with E-state index < -0.39 is 5.41 Å². The van der Waals surface area contributed by atoms with Crippen molar-refractivity contribution in [2.24, 2.45) is 17.0 Å². The maximum Gasteiger partial charge on any atom is 0.225 e. The molecule has 98 valence electrons. The predicted octanol–water partition coefficient (Wildman–Crippen LogP) is -0.228. The lowest BCUT2D eigenvalue weighted by atomic mass is 9.89. The van der Waals surface area contributed by atoms with Gasteiger partial charge in [-0.25, -0.2) is 15.8 Å². The third-order valence-corrected chi connectivity index (χ3v) is 3.36. The van der Waals surface area contributed by atoms with Crippen LogP contribution in [0.5, 0.6) is 0 Å². The van der Waals surface area contributed by atoms with Crippen molar-refractivity contribution in [3.8, 4) is 0 Å². The number of amides is 1. The molecule has 0 aliphatic carbocycles. The van der Waals surface area contributed by atoms with Gasteiger partial charge in [0.2, 0.25) is 5.91 Å². The molecule has 2 heterocycles. The SMILES string of the molecule is Cc1nc(NN)cc(N2CCC(C)(C(N)=O)C2)n1. The average molecular weight is 250 g/mol. The summed E-state index contributed by atoms with van der Waals surface area (Å²) in [6, 6.07) is 1.76. The van der Waals surface area contributed by atoms with Crippen molar-refractivity contribution in [1.29, 1.82) is 0 Å². The van der Waals surface area contributed by atoms with Crippen LogP contribution >= 0.6 is 0 Å². The minimum Gasteiger partial charge on any atom is -0.369 e. The summed E-state index contributed by atoms with van der Waals surface area (Å²) in [7, 11) is 0. The van der Waals surface area contributed by atoms with Gasteiger partial charge in [0.05, 0.1) is 5.41 Å². The minimum absolute atomic E-state index is 0.270. The summed E-state index contributed by atoms with van der Waals surface area (Å²) in [5.74, 6) is 7.04. The summed E-state index contributed by atoms with van der Waals surface area (Å²) >= 11 is 0. The molecular weight excluding hydrogens is 232 g/mol. The molecule has 1 aliphatic rings. The van der Waals surface area contributed by atoms with Crippen LogP contribution in [0.1, 0.15) is 19.2 Å². The lowest BCUT2D eigenvalue weighted by Crippen LogP contribution is -2.37. The second-order valence-corrected chi connectivity index (χ2v) is 4.90. The molecule has 2 rings (SSSR count). The molecule has 0 aromatic carbocycles. The number of hydrogen-bond acceptors (Lipinski definition) is 6. The van der Waals surface area contributed by atoms with Gasteiger partial charge in [-0.1, -0.05) is 0 Å². The van der Waals surface area contributed by atoms with Gasteiger partial charge in [-0.15, -0.1) is 0 Å². The van der Waals surface area contributed by atoms with E-state index in [0.29, 0.717) is 18.2 Å². The van der Waals surface area contributed by atoms with Crippen molar-refractivity contribution in [1.82, 2.24) is 9.97 Å². The van der Waals surface area contributed by atoms with Gasteiger partial charge in [0, 0.05) is 19.2 Å². The highest BCUT2D eigenvalue weighted by molar-refractivity contribution is 5.82. The molecule has 7 heteroatoms. The highest BCUT2D eigenvalue weighted by atomic mass is 16.1.